The molecule has 0 atom stereocenters. The summed E-state index contributed by atoms with van der Waals surface area (Å²) in [5.41, 5.74) is 0.485. The number of anilines is 1. The maximum Gasteiger partial charge on any atom is 0.453 e. The number of benzene rings is 1. The minimum absolute atomic E-state index is 0.116. The first kappa shape index (κ1) is 22.8. The predicted molar refractivity (Wildman–Crippen MR) is 104 cm³/mol. The Bertz CT molecular complexity index is 928. The molecule has 0 unspecified atom stereocenters. The van der Waals surface area contributed by atoms with Crippen LogP contribution in [0.2, 0.25) is 0 Å². The highest BCUT2D eigenvalue weighted by Crippen LogP contribution is 2.28. The molecular weight excluding hydrogens is 442 g/mol. The van der Waals surface area contributed by atoms with Gasteiger partial charge in [0.2, 0.25) is 17.0 Å². The number of rotatable bonds is 6. The van der Waals surface area contributed by atoms with E-state index in [9.17, 15) is 27.2 Å². The number of nitrogens with two attached hydrogens (primary N) is 1. The number of amides is 2. The van der Waals surface area contributed by atoms with Gasteiger partial charge >= 0.3 is 6.18 Å². The van der Waals surface area contributed by atoms with Crippen LogP contribution in [0.15, 0.2) is 29.4 Å². The van der Waals surface area contributed by atoms with E-state index in [1.54, 1.807) is 4.90 Å². The molecule has 1 fully saturated rings. The molecule has 0 saturated carbocycles. The molecule has 1 aromatic carbocycles. The average molecular weight is 461 g/mol. The molecule has 2 aromatic rings. The Morgan fingerprint density at radius 1 is 1.10 bits per heavy atom. The van der Waals surface area contributed by atoms with Crippen molar-refractivity contribution in [1.82, 2.24) is 24.7 Å². The standard InChI is InChI=1S/C17H19F4N7O2S/c18-11-1-3-12(4-2-11)23-13(29)9-26-5-7-27(8-6-26)14(30)10-31-16-25-24-15(28(16)22)17(19,20)21/h1-4H,5-10,22H2,(H,23,29). The summed E-state index contributed by atoms with van der Waals surface area (Å²) >= 11 is 0.768. The first-order valence-corrected chi connectivity index (χ1v) is 10.1. The van der Waals surface area contributed by atoms with Gasteiger partial charge in [-0.05, 0) is 24.3 Å². The number of nitrogens with zero attached hydrogens (tertiary/aromatic N) is 5. The van der Waals surface area contributed by atoms with E-state index >= 15 is 0 Å². The highest BCUT2D eigenvalue weighted by atomic mass is 32.2. The Kier molecular flexibility index (Phi) is 7.00. The molecule has 0 aliphatic carbocycles. The molecule has 1 aliphatic heterocycles. The summed E-state index contributed by atoms with van der Waals surface area (Å²) in [6.07, 6.45) is -4.73. The lowest BCUT2D eigenvalue weighted by Crippen LogP contribution is -2.50. The van der Waals surface area contributed by atoms with Gasteiger partial charge in [0.15, 0.2) is 0 Å². The molecule has 0 radical (unpaired) electrons. The number of halogens is 4. The van der Waals surface area contributed by atoms with Gasteiger partial charge < -0.3 is 16.1 Å². The van der Waals surface area contributed by atoms with Crippen molar-refractivity contribution in [2.24, 2.45) is 0 Å². The fourth-order valence-electron chi connectivity index (χ4n) is 2.88. The van der Waals surface area contributed by atoms with Crippen molar-refractivity contribution in [3.63, 3.8) is 0 Å². The molecule has 2 heterocycles. The zero-order valence-electron chi connectivity index (χ0n) is 16.1. The first-order chi connectivity index (χ1) is 14.6. The zero-order valence-corrected chi connectivity index (χ0v) is 16.9. The van der Waals surface area contributed by atoms with Crippen molar-refractivity contribution < 1.29 is 27.2 Å². The second kappa shape index (κ2) is 9.51. The Morgan fingerprint density at radius 3 is 2.32 bits per heavy atom. The molecule has 1 saturated heterocycles. The summed E-state index contributed by atoms with van der Waals surface area (Å²) in [5.74, 6) is 2.93. The van der Waals surface area contributed by atoms with Gasteiger partial charge in [0.25, 0.3) is 5.82 Å². The van der Waals surface area contributed by atoms with Gasteiger partial charge in [0, 0.05) is 31.9 Å². The van der Waals surface area contributed by atoms with Crippen LogP contribution < -0.4 is 11.2 Å². The maximum atomic E-state index is 12.9. The molecule has 168 valence electrons. The second-order valence-electron chi connectivity index (χ2n) is 6.67. The first-order valence-electron chi connectivity index (χ1n) is 9.09. The van der Waals surface area contributed by atoms with Gasteiger partial charge in [0.1, 0.15) is 5.82 Å². The van der Waals surface area contributed by atoms with E-state index in [-0.39, 0.29) is 29.3 Å². The molecule has 1 aliphatic rings. The van der Waals surface area contributed by atoms with E-state index in [4.69, 9.17) is 5.84 Å². The van der Waals surface area contributed by atoms with E-state index in [0.717, 1.165) is 11.8 Å². The van der Waals surface area contributed by atoms with Crippen LogP contribution in [-0.2, 0) is 15.8 Å². The lowest BCUT2D eigenvalue weighted by atomic mass is 10.3. The lowest BCUT2D eigenvalue weighted by molar-refractivity contribution is -0.146. The highest BCUT2D eigenvalue weighted by Gasteiger charge is 2.38. The summed E-state index contributed by atoms with van der Waals surface area (Å²) in [5, 5.41) is 8.83. The predicted octanol–water partition coefficient (Wildman–Crippen LogP) is 1.02. The van der Waals surface area contributed by atoms with Crippen molar-refractivity contribution in [3.8, 4) is 0 Å². The van der Waals surface area contributed by atoms with Gasteiger partial charge in [0.05, 0.1) is 12.3 Å². The molecule has 9 nitrogen and oxygen atoms in total. The molecule has 0 bridgehead atoms. The fourth-order valence-corrected chi connectivity index (χ4v) is 3.64. The summed E-state index contributed by atoms with van der Waals surface area (Å²) in [6, 6.07) is 5.41. The van der Waals surface area contributed by atoms with Gasteiger partial charge in [-0.3, -0.25) is 14.5 Å². The van der Waals surface area contributed by atoms with Crippen LogP contribution in [0.5, 0.6) is 0 Å². The SMILES string of the molecule is Nn1c(SCC(=O)N2CCN(CC(=O)Nc3ccc(F)cc3)CC2)nnc1C(F)(F)F. The van der Waals surface area contributed by atoms with Crippen LogP contribution in [-0.4, -0.2) is 75.0 Å². The number of hydrogen-bond donors (Lipinski definition) is 2. The van der Waals surface area contributed by atoms with Crippen LogP contribution in [0.25, 0.3) is 0 Å². The fraction of sp³-hybridized carbons (Fsp3) is 0.412. The summed E-state index contributed by atoms with van der Waals surface area (Å²) < 4.78 is 51.3. The molecule has 3 N–H and O–H groups in total. The Balaban J connectivity index is 1.42. The smallest absolute Gasteiger partial charge is 0.339 e. The molecule has 1 aromatic heterocycles. The van der Waals surface area contributed by atoms with E-state index < -0.39 is 17.8 Å². The normalized spacial score (nSPS) is 15.2. The zero-order chi connectivity index (χ0) is 22.6. The number of nitrogen functional groups attached to an aromatic ring is 1. The van der Waals surface area contributed by atoms with E-state index in [1.165, 1.54) is 24.3 Å². The Labute approximate surface area is 178 Å². The van der Waals surface area contributed by atoms with Crippen LogP contribution in [0.1, 0.15) is 5.82 Å². The largest absolute Gasteiger partial charge is 0.453 e. The number of nitrogens with one attached hydrogen (secondary N) is 1. The van der Waals surface area contributed by atoms with Crippen molar-refractivity contribution >= 4 is 29.3 Å². The maximum absolute atomic E-state index is 12.9. The van der Waals surface area contributed by atoms with Crippen molar-refractivity contribution in [3.05, 3.63) is 35.9 Å². The third kappa shape index (κ3) is 6.07. The summed E-state index contributed by atoms with van der Waals surface area (Å²) in [6.45, 7) is 1.76. The number of carbonyl (C=O) groups is 2. The van der Waals surface area contributed by atoms with Gasteiger partial charge in [-0.2, -0.15) is 13.2 Å². The number of aromatic nitrogens is 3. The Morgan fingerprint density at radius 2 is 1.74 bits per heavy atom. The monoisotopic (exact) mass is 461 g/mol. The molecule has 0 spiro atoms. The van der Waals surface area contributed by atoms with Crippen molar-refractivity contribution in [2.75, 3.05) is 49.6 Å². The van der Waals surface area contributed by atoms with Crippen LogP contribution in [0, 0.1) is 5.82 Å². The number of carbonyl (C=O) groups excluding carboxylic acids is 2. The van der Waals surface area contributed by atoms with Crippen molar-refractivity contribution in [1.29, 1.82) is 0 Å². The number of alkyl halides is 3. The Hall–Kier alpha value is -2.87. The lowest BCUT2D eigenvalue weighted by Gasteiger charge is -2.34. The third-order valence-corrected chi connectivity index (χ3v) is 5.39. The van der Waals surface area contributed by atoms with Gasteiger partial charge in [-0.1, -0.05) is 11.8 Å². The summed E-state index contributed by atoms with van der Waals surface area (Å²) in [4.78, 5) is 27.9. The van der Waals surface area contributed by atoms with Crippen LogP contribution in [0.3, 0.4) is 0 Å². The van der Waals surface area contributed by atoms with Crippen LogP contribution in [0.4, 0.5) is 23.2 Å². The molecule has 3 rings (SSSR count). The second-order valence-corrected chi connectivity index (χ2v) is 7.62. The average Bonchev–Trinajstić information content (AvgIpc) is 3.09. The quantitative estimate of drug-likeness (QED) is 0.376. The molecule has 31 heavy (non-hydrogen) atoms. The molecular formula is C17H19F4N7O2S. The van der Waals surface area contributed by atoms with Crippen molar-refractivity contribution in [2.45, 2.75) is 11.3 Å². The van der Waals surface area contributed by atoms with Gasteiger partial charge in [-0.25, -0.2) is 9.07 Å². The number of piperazine rings is 1. The number of hydrogen-bond acceptors (Lipinski definition) is 7. The number of thioether (sulfide) groups is 1. The third-order valence-electron chi connectivity index (χ3n) is 4.46. The van der Waals surface area contributed by atoms with E-state index in [2.05, 4.69) is 15.5 Å². The van der Waals surface area contributed by atoms with E-state index in [0.29, 0.717) is 36.5 Å². The minimum Gasteiger partial charge on any atom is -0.339 e. The molecule has 2 amide bonds. The highest BCUT2D eigenvalue weighted by molar-refractivity contribution is 7.99. The van der Waals surface area contributed by atoms with Crippen LogP contribution >= 0.6 is 11.8 Å². The van der Waals surface area contributed by atoms with E-state index in [1.807, 2.05) is 4.90 Å². The molecule has 14 heteroatoms. The minimum atomic E-state index is -4.73. The topological polar surface area (TPSA) is 109 Å². The summed E-state index contributed by atoms with van der Waals surface area (Å²) in [7, 11) is 0. The van der Waals surface area contributed by atoms with Gasteiger partial charge in [-0.15, -0.1) is 10.2 Å².